The predicted molar refractivity (Wildman–Crippen MR) is 74.2 cm³/mol. The van der Waals surface area contributed by atoms with Crippen molar-refractivity contribution in [2.45, 2.75) is 53.6 Å². The van der Waals surface area contributed by atoms with Crippen molar-refractivity contribution < 1.29 is 4.79 Å². The van der Waals surface area contributed by atoms with Crippen LogP contribution in [0.5, 0.6) is 0 Å². The number of likely N-dealkylation sites (tertiary alicyclic amines) is 1. The van der Waals surface area contributed by atoms with Gasteiger partial charge in [-0.05, 0) is 36.6 Å². The Hall–Kier alpha value is -0.570. The lowest BCUT2D eigenvalue weighted by Gasteiger charge is -2.36. The average Bonchev–Trinajstić information content (AvgIpc) is 2.57. The number of hydrogen-bond donors (Lipinski definition) is 1. The number of fused-ring (bicyclic) bond motifs is 1. The van der Waals surface area contributed by atoms with Gasteiger partial charge in [-0.3, -0.25) is 4.79 Å². The van der Waals surface area contributed by atoms with E-state index >= 15 is 0 Å². The molecule has 2 aliphatic rings. The monoisotopic (exact) mass is 252 g/mol. The molecule has 3 nitrogen and oxygen atoms in total. The van der Waals surface area contributed by atoms with Crippen LogP contribution in [0, 0.1) is 22.7 Å². The second kappa shape index (κ2) is 3.96. The summed E-state index contributed by atoms with van der Waals surface area (Å²) in [5.74, 6) is 1.70. The topological polar surface area (TPSA) is 32.3 Å². The Bertz CT molecular complexity index is 356. The normalized spacial score (nSPS) is 35.3. The standard InChI is InChI=1S/C15H28N2O/c1-9-11-10(15(11,5)6)8-17(9)13(18)12(16-7)14(2,3)4/h9-12,16H,8H2,1-7H3/t9-,10+,11-,12+/m1/s1. The highest BCUT2D eigenvalue weighted by atomic mass is 16.2. The Balaban J connectivity index is 2.09. The summed E-state index contributed by atoms with van der Waals surface area (Å²) < 4.78 is 0. The van der Waals surface area contributed by atoms with E-state index in [0.29, 0.717) is 23.3 Å². The average molecular weight is 252 g/mol. The summed E-state index contributed by atoms with van der Waals surface area (Å²) >= 11 is 0. The van der Waals surface area contributed by atoms with E-state index in [1.54, 1.807) is 0 Å². The van der Waals surface area contributed by atoms with Crippen LogP contribution in [0.25, 0.3) is 0 Å². The first-order valence-electron chi connectivity index (χ1n) is 7.10. The quantitative estimate of drug-likeness (QED) is 0.816. The highest BCUT2D eigenvalue weighted by Crippen LogP contribution is 2.64. The van der Waals surface area contributed by atoms with Gasteiger partial charge in [-0.15, -0.1) is 0 Å². The third-order valence-corrected chi connectivity index (χ3v) is 5.23. The van der Waals surface area contributed by atoms with Crippen LogP contribution in [0.4, 0.5) is 0 Å². The molecule has 0 unspecified atom stereocenters. The Morgan fingerprint density at radius 3 is 2.28 bits per heavy atom. The van der Waals surface area contributed by atoms with Crippen LogP contribution in [0.3, 0.4) is 0 Å². The number of carbonyl (C=O) groups is 1. The predicted octanol–water partition coefficient (Wildman–Crippen LogP) is 2.12. The molecule has 18 heavy (non-hydrogen) atoms. The maximum Gasteiger partial charge on any atom is 0.240 e. The first-order chi connectivity index (χ1) is 8.12. The molecule has 1 amide bonds. The molecular formula is C15H28N2O. The Morgan fingerprint density at radius 1 is 1.39 bits per heavy atom. The molecule has 4 atom stereocenters. The molecule has 2 rings (SSSR count). The lowest BCUT2D eigenvalue weighted by atomic mass is 9.85. The largest absolute Gasteiger partial charge is 0.338 e. The van der Waals surface area contributed by atoms with Gasteiger partial charge in [0.05, 0.1) is 6.04 Å². The molecule has 0 spiro atoms. The summed E-state index contributed by atoms with van der Waals surface area (Å²) in [6.07, 6.45) is 0. The van der Waals surface area contributed by atoms with Crippen LogP contribution in [-0.2, 0) is 4.79 Å². The van der Waals surface area contributed by atoms with Crippen molar-refractivity contribution in [2.24, 2.45) is 22.7 Å². The summed E-state index contributed by atoms with van der Waals surface area (Å²) in [5, 5.41) is 3.20. The molecule has 3 heteroatoms. The smallest absolute Gasteiger partial charge is 0.240 e. The fourth-order valence-corrected chi connectivity index (χ4v) is 4.05. The van der Waals surface area contributed by atoms with Gasteiger partial charge in [0.1, 0.15) is 0 Å². The van der Waals surface area contributed by atoms with Gasteiger partial charge in [-0.2, -0.15) is 0 Å². The number of amides is 1. The zero-order chi connectivity index (χ0) is 13.9. The molecule has 0 radical (unpaired) electrons. The SMILES string of the molecule is CN[C@@H](C(=O)N1C[C@H]2[C@@H]([C@H]1C)C2(C)C)C(C)(C)C. The lowest BCUT2D eigenvalue weighted by molar-refractivity contribution is -0.137. The van der Waals surface area contributed by atoms with Gasteiger partial charge in [0, 0.05) is 12.6 Å². The molecule has 2 fully saturated rings. The molecule has 0 aromatic carbocycles. The van der Waals surface area contributed by atoms with Crippen molar-refractivity contribution in [3.8, 4) is 0 Å². The van der Waals surface area contributed by atoms with Crippen LogP contribution in [-0.4, -0.2) is 36.5 Å². The fraction of sp³-hybridized carbons (Fsp3) is 0.933. The number of likely N-dealkylation sites (N-methyl/N-ethyl adjacent to an activating group) is 1. The van der Waals surface area contributed by atoms with Crippen molar-refractivity contribution in [1.29, 1.82) is 0 Å². The van der Waals surface area contributed by atoms with E-state index in [1.807, 2.05) is 7.05 Å². The highest BCUT2D eigenvalue weighted by molar-refractivity contribution is 5.83. The Kier molecular flexibility index (Phi) is 3.05. The Labute approximate surface area is 111 Å². The molecular weight excluding hydrogens is 224 g/mol. The summed E-state index contributed by atoms with van der Waals surface area (Å²) in [6, 6.07) is 0.316. The first-order valence-corrected chi connectivity index (χ1v) is 7.10. The van der Waals surface area contributed by atoms with Gasteiger partial charge in [0.25, 0.3) is 0 Å². The summed E-state index contributed by atoms with van der Waals surface area (Å²) in [4.78, 5) is 14.8. The molecule has 104 valence electrons. The summed E-state index contributed by atoms with van der Waals surface area (Å²) in [5.41, 5.74) is 0.418. The van der Waals surface area contributed by atoms with Crippen LogP contribution >= 0.6 is 0 Å². The summed E-state index contributed by atoms with van der Waals surface area (Å²) in [6.45, 7) is 14.2. The van der Waals surface area contributed by atoms with Crippen molar-refractivity contribution in [1.82, 2.24) is 10.2 Å². The number of nitrogens with zero attached hydrogens (tertiary/aromatic N) is 1. The van der Waals surface area contributed by atoms with E-state index in [2.05, 4.69) is 51.8 Å². The molecule has 1 saturated carbocycles. The number of piperidine rings is 1. The van der Waals surface area contributed by atoms with Crippen LogP contribution in [0.1, 0.15) is 41.5 Å². The first kappa shape index (κ1) is 13.9. The number of hydrogen-bond acceptors (Lipinski definition) is 2. The minimum absolute atomic E-state index is 0.0339. The zero-order valence-corrected chi connectivity index (χ0v) is 12.9. The van der Waals surface area contributed by atoms with E-state index in [9.17, 15) is 4.79 Å². The maximum absolute atomic E-state index is 12.7. The molecule has 1 aliphatic carbocycles. The molecule has 1 N–H and O–H groups in total. The van der Waals surface area contributed by atoms with Gasteiger partial charge in [0.15, 0.2) is 0 Å². The number of rotatable bonds is 2. The molecule has 1 aliphatic heterocycles. The van der Waals surface area contributed by atoms with Crippen molar-refractivity contribution >= 4 is 5.91 Å². The van der Waals surface area contributed by atoms with Gasteiger partial charge in [-0.1, -0.05) is 34.6 Å². The molecule has 0 aromatic heterocycles. The van der Waals surface area contributed by atoms with Crippen molar-refractivity contribution in [3.05, 3.63) is 0 Å². The maximum atomic E-state index is 12.7. The minimum Gasteiger partial charge on any atom is -0.338 e. The Morgan fingerprint density at radius 2 is 1.94 bits per heavy atom. The highest BCUT2D eigenvalue weighted by Gasteiger charge is 2.66. The molecule has 0 bridgehead atoms. The van der Waals surface area contributed by atoms with E-state index in [0.717, 1.165) is 6.54 Å². The van der Waals surface area contributed by atoms with Gasteiger partial charge in [0.2, 0.25) is 5.91 Å². The van der Waals surface area contributed by atoms with Gasteiger partial charge >= 0.3 is 0 Å². The van der Waals surface area contributed by atoms with E-state index in [-0.39, 0.29) is 17.4 Å². The molecule has 1 heterocycles. The van der Waals surface area contributed by atoms with Gasteiger partial charge < -0.3 is 10.2 Å². The van der Waals surface area contributed by atoms with Crippen LogP contribution in [0.2, 0.25) is 0 Å². The van der Waals surface area contributed by atoms with Crippen LogP contribution in [0.15, 0.2) is 0 Å². The van der Waals surface area contributed by atoms with E-state index < -0.39 is 0 Å². The van der Waals surface area contributed by atoms with Crippen molar-refractivity contribution in [3.63, 3.8) is 0 Å². The lowest BCUT2D eigenvalue weighted by Crippen LogP contribution is -2.54. The third-order valence-electron chi connectivity index (χ3n) is 5.23. The molecule has 0 aromatic rings. The number of carbonyl (C=O) groups excluding carboxylic acids is 1. The van der Waals surface area contributed by atoms with E-state index in [4.69, 9.17) is 0 Å². The van der Waals surface area contributed by atoms with E-state index in [1.165, 1.54) is 0 Å². The van der Waals surface area contributed by atoms with Gasteiger partial charge in [-0.25, -0.2) is 0 Å². The number of nitrogens with one attached hydrogen (secondary N) is 1. The fourth-order valence-electron chi connectivity index (χ4n) is 4.05. The second-order valence-electron chi connectivity index (χ2n) is 7.77. The van der Waals surface area contributed by atoms with Crippen LogP contribution < -0.4 is 5.32 Å². The summed E-state index contributed by atoms with van der Waals surface area (Å²) in [7, 11) is 1.89. The second-order valence-corrected chi connectivity index (χ2v) is 7.77. The minimum atomic E-state index is -0.0828. The van der Waals surface area contributed by atoms with Crippen molar-refractivity contribution in [2.75, 3.05) is 13.6 Å². The zero-order valence-electron chi connectivity index (χ0n) is 12.9. The third kappa shape index (κ3) is 1.87. The molecule has 1 saturated heterocycles.